The van der Waals surface area contributed by atoms with Crippen molar-refractivity contribution in [2.24, 2.45) is 0 Å². The highest BCUT2D eigenvalue weighted by Crippen LogP contribution is 2.14. The predicted molar refractivity (Wildman–Crippen MR) is 37.5 cm³/mol. The Labute approximate surface area is 62.6 Å². The topological polar surface area (TPSA) is 43.1 Å². The molecule has 0 unspecified atom stereocenters. The molecule has 0 aliphatic heterocycles. The molecule has 3 nitrogen and oxygen atoms in total. The molecule has 4 heteroatoms. The van der Waals surface area contributed by atoms with Crippen LogP contribution in [0.2, 0.25) is 0 Å². The zero-order valence-corrected chi connectivity index (χ0v) is 5.58. The van der Waals surface area contributed by atoms with Gasteiger partial charge in [-0.25, -0.2) is 4.39 Å². The first-order valence-corrected chi connectivity index (χ1v) is 2.86. The maximum atomic E-state index is 12.4. The largest absolute Gasteiger partial charge is 0.272 e. The van der Waals surface area contributed by atoms with Gasteiger partial charge in [0.15, 0.2) is 0 Å². The van der Waals surface area contributed by atoms with Gasteiger partial charge in [0.2, 0.25) is 0 Å². The molecule has 0 aliphatic carbocycles. The third-order valence-corrected chi connectivity index (χ3v) is 1.15. The van der Waals surface area contributed by atoms with Crippen LogP contribution in [0.1, 0.15) is 5.56 Å². The van der Waals surface area contributed by atoms with Crippen LogP contribution in [-0.2, 0) is 0 Å². The SMILES string of the molecule is [CH2]c1cc(F)cc([N+](=O)[O-])c1. The molecule has 0 saturated carbocycles. The van der Waals surface area contributed by atoms with Crippen LogP contribution in [0.5, 0.6) is 0 Å². The van der Waals surface area contributed by atoms with Crippen LogP contribution >= 0.6 is 0 Å². The Balaban J connectivity index is 3.19. The van der Waals surface area contributed by atoms with Crippen LogP contribution in [0.4, 0.5) is 10.1 Å². The minimum absolute atomic E-state index is 0.269. The maximum absolute atomic E-state index is 12.4. The van der Waals surface area contributed by atoms with E-state index < -0.39 is 10.7 Å². The van der Waals surface area contributed by atoms with Gasteiger partial charge in [0, 0.05) is 6.07 Å². The van der Waals surface area contributed by atoms with Crippen LogP contribution in [-0.4, -0.2) is 4.92 Å². The minimum atomic E-state index is -0.655. The number of halogens is 1. The summed E-state index contributed by atoms with van der Waals surface area (Å²) in [7, 11) is 0. The average Bonchev–Trinajstić information content (AvgIpc) is 1.85. The van der Waals surface area contributed by atoms with Crippen molar-refractivity contribution in [3.05, 3.63) is 46.6 Å². The van der Waals surface area contributed by atoms with Gasteiger partial charge in [-0.1, -0.05) is 0 Å². The Morgan fingerprint density at radius 2 is 2.09 bits per heavy atom. The van der Waals surface area contributed by atoms with E-state index in [2.05, 4.69) is 6.92 Å². The summed E-state index contributed by atoms with van der Waals surface area (Å²) in [5, 5.41) is 10.1. The lowest BCUT2D eigenvalue weighted by molar-refractivity contribution is -0.385. The lowest BCUT2D eigenvalue weighted by atomic mass is 10.2. The lowest BCUT2D eigenvalue weighted by Crippen LogP contribution is -1.89. The van der Waals surface area contributed by atoms with E-state index in [0.29, 0.717) is 5.56 Å². The van der Waals surface area contributed by atoms with Crippen molar-refractivity contribution in [3.63, 3.8) is 0 Å². The highest BCUT2D eigenvalue weighted by molar-refractivity contribution is 5.36. The van der Waals surface area contributed by atoms with Gasteiger partial charge in [-0.2, -0.15) is 0 Å². The van der Waals surface area contributed by atoms with E-state index in [1.165, 1.54) is 6.07 Å². The second kappa shape index (κ2) is 2.65. The molecule has 0 amide bonds. The van der Waals surface area contributed by atoms with Gasteiger partial charge in [0.25, 0.3) is 5.69 Å². The first kappa shape index (κ1) is 7.65. The minimum Gasteiger partial charge on any atom is -0.258 e. The Hall–Kier alpha value is -1.45. The van der Waals surface area contributed by atoms with Gasteiger partial charge in [0.1, 0.15) is 5.82 Å². The molecule has 1 aromatic carbocycles. The summed E-state index contributed by atoms with van der Waals surface area (Å²) in [6.45, 7) is 3.38. The Kier molecular flexibility index (Phi) is 1.85. The fourth-order valence-electron chi connectivity index (χ4n) is 0.739. The van der Waals surface area contributed by atoms with Crippen molar-refractivity contribution in [2.75, 3.05) is 0 Å². The molecular formula is C7H5FNO2. The number of nitro benzene ring substituents is 1. The fraction of sp³-hybridized carbons (Fsp3) is 0. The van der Waals surface area contributed by atoms with Crippen LogP contribution in [0.3, 0.4) is 0 Å². The predicted octanol–water partition coefficient (Wildman–Crippen LogP) is 1.92. The summed E-state index contributed by atoms with van der Waals surface area (Å²) in [4.78, 5) is 9.46. The van der Waals surface area contributed by atoms with Crippen LogP contribution in [0.25, 0.3) is 0 Å². The number of hydrogen-bond acceptors (Lipinski definition) is 2. The zero-order valence-electron chi connectivity index (χ0n) is 5.58. The first-order valence-electron chi connectivity index (χ1n) is 2.86. The first-order chi connectivity index (χ1) is 5.09. The highest BCUT2D eigenvalue weighted by Gasteiger charge is 2.06. The molecule has 1 rings (SSSR count). The van der Waals surface area contributed by atoms with E-state index in [-0.39, 0.29) is 5.69 Å². The molecular weight excluding hydrogens is 149 g/mol. The second-order valence-corrected chi connectivity index (χ2v) is 2.07. The number of nitrogens with zero attached hydrogens (tertiary/aromatic N) is 1. The summed E-state index contributed by atoms with van der Waals surface area (Å²) in [5.74, 6) is -0.635. The smallest absolute Gasteiger partial charge is 0.258 e. The molecule has 0 fully saturated rings. The highest BCUT2D eigenvalue weighted by atomic mass is 19.1. The fourth-order valence-corrected chi connectivity index (χ4v) is 0.739. The van der Waals surface area contributed by atoms with Gasteiger partial charge >= 0.3 is 0 Å². The summed E-state index contributed by atoms with van der Waals surface area (Å²) in [6, 6.07) is 3.20. The molecule has 0 aromatic heterocycles. The maximum Gasteiger partial charge on any atom is 0.272 e. The zero-order chi connectivity index (χ0) is 8.43. The summed E-state index contributed by atoms with van der Waals surface area (Å²) >= 11 is 0. The third kappa shape index (κ3) is 1.73. The van der Waals surface area contributed by atoms with Crippen LogP contribution in [0, 0.1) is 22.9 Å². The standard InChI is InChI=1S/C7H5FNO2/c1-5-2-6(8)4-7(3-5)9(10)11/h2-4H,1H2. The molecule has 0 heterocycles. The second-order valence-electron chi connectivity index (χ2n) is 2.07. The summed E-state index contributed by atoms with van der Waals surface area (Å²) < 4.78 is 12.4. The van der Waals surface area contributed by atoms with Crippen LogP contribution in [0.15, 0.2) is 18.2 Å². The third-order valence-electron chi connectivity index (χ3n) is 1.15. The van der Waals surface area contributed by atoms with Crippen molar-refractivity contribution in [1.29, 1.82) is 0 Å². The van der Waals surface area contributed by atoms with Gasteiger partial charge in [-0.05, 0) is 18.6 Å². The van der Waals surface area contributed by atoms with Crippen molar-refractivity contribution in [2.45, 2.75) is 0 Å². The van der Waals surface area contributed by atoms with Gasteiger partial charge < -0.3 is 0 Å². The molecule has 1 aromatic rings. The van der Waals surface area contributed by atoms with Crippen molar-refractivity contribution in [3.8, 4) is 0 Å². The molecule has 0 atom stereocenters. The Morgan fingerprint density at radius 1 is 1.45 bits per heavy atom. The lowest BCUT2D eigenvalue weighted by Gasteiger charge is -1.93. The number of rotatable bonds is 1. The van der Waals surface area contributed by atoms with Crippen LogP contribution < -0.4 is 0 Å². The molecule has 0 aliphatic rings. The number of nitro groups is 1. The van der Waals surface area contributed by atoms with Crippen molar-refractivity contribution < 1.29 is 9.31 Å². The van der Waals surface area contributed by atoms with Crippen molar-refractivity contribution >= 4 is 5.69 Å². The molecule has 1 radical (unpaired) electrons. The quantitative estimate of drug-likeness (QED) is 0.458. The van der Waals surface area contributed by atoms with E-state index in [4.69, 9.17) is 0 Å². The Morgan fingerprint density at radius 3 is 2.55 bits per heavy atom. The molecule has 11 heavy (non-hydrogen) atoms. The molecule has 0 spiro atoms. The summed E-state index contributed by atoms with van der Waals surface area (Å²) in [6.07, 6.45) is 0. The van der Waals surface area contributed by atoms with E-state index in [0.717, 1.165) is 12.1 Å². The van der Waals surface area contributed by atoms with E-state index in [1.807, 2.05) is 0 Å². The van der Waals surface area contributed by atoms with Gasteiger partial charge in [-0.15, -0.1) is 0 Å². The monoisotopic (exact) mass is 154 g/mol. The molecule has 0 N–H and O–H groups in total. The molecule has 0 bridgehead atoms. The van der Waals surface area contributed by atoms with Gasteiger partial charge in [-0.3, -0.25) is 10.1 Å². The van der Waals surface area contributed by atoms with E-state index >= 15 is 0 Å². The molecule has 57 valence electrons. The van der Waals surface area contributed by atoms with Crippen molar-refractivity contribution in [1.82, 2.24) is 0 Å². The average molecular weight is 154 g/mol. The number of benzene rings is 1. The van der Waals surface area contributed by atoms with E-state index in [1.54, 1.807) is 0 Å². The number of hydrogen-bond donors (Lipinski definition) is 0. The number of non-ortho nitro benzene ring substituents is 1. The molecule has 0 saturated heterocycles. The normalized spacial score (nSPS) is 9.64. The van der Waals surface area contributed by atoms with E-state index in [9.17, 15) is 14.5 Å². The van der Waals surface area contributed by atoms with Gasteiger partial charge in [0.05, 0.1) is 11.0 Å². The Bertz CT molecular complexity index is 278. The summed E-state index contributed by atoms with van der Waals surface area (Å²) in [5.41, 5.74) is 0.0340.